The Labute approximate surface area is 169 Å². The van der Waals surface area contributed by atoms with Crippen molar-refractivity contribution in [2.24, 2.45) is 11.3 Å². The maximum absolute atomic E-state index is 13.1. The molecule has 27 heavy (non-hydrogen) atoms. The first-order valence-corrected chi connectivity index (χ1v) is 10.8. The maximum atomic E-state index is 13.1. The zero-order chi connectivity index (χ0) is 19.4. The van der Waals surface area contributed by atoms with Crippen molar-refractivity contribution in [3.05, 3.63) is 30.1 Å². The van der Waals surface area contributed by atoms with Crippen LogP contribution in [0.1, 0.15) is 40.0 Å². The van der Waals surface area contributed by atoms with E-state index in [1.54, 1.807) is 0 Å². The molecule has 2 fully saturated rings. The van der Waals surface area contributed by atoms with Gasteiger partial charge in [-0.05, 0) is 54.9 Å². The lowest BCUT2D eigenvalue weighted by Gasteiger charge is -2.39. The van der Waals surface area contributed by atoms with Gasteiger partial charge in [-0.2, -0.15) is 12.6 Å². The minimum Gasteiger partial charge on any atom is -0.377 e. The van der Waals surface area contributed by atoms with Gasteiger partial charge < -0.3 is 9.64 Å². The highest BCUT2D eigenvalue weighted by Crippen LogP contribution is 2.39. The number of thiol groups is 1. The van der Waals surface area contributed by atoms with Gasteiger partial charge in [-0.1, -0.05) is 20.8 Å². The number of anilines is 1. The molecule has 1 aromatic carbocycles. The topological polar surface area (TPSA) is 15.7 Å². The van der Waals surface area contributed by atoms with Crippen LogP contribution in [-0.2, 0) is 4.74 Å². The average Bonchev–Trinajstić information content (AvgIpc) is 2.60. The summed E-state index contributed by atoms with van der Waals surface area (Å²) in [6.45, 7) is 12.7. The van der Waals surface area contributed by atoms with Crippen LogP contribution < -0.4 is 4.90 Å². The van der Waals surface area contributed by atoms with Gasteiger partial charge in [0.05, 0.1) is 12.7 Å². The lowest BCUT2D eigenvalue weighted by Crippen LogP contribution is -2.48. The minimum absolute atomic E-state index is 0.175. The Balaban J connectivity index is 1.38. The third-order valence-electron chi connectivity index (χ3n) is 5.90. The van der Waals surface area contributed by atoms with E-state index in [9.17, 15) is 4.39 Å². The predicted octanol–water partition coefficient (Wildman–Crippen LogP) is 4.48. The Morgan fingerprint density at radius 2 is 1.81 bits per heavy atom. The Kier molecular flexibility index (Phi) is 7.09. The molecule has 0 N–H and O–H groups in total. The molecule has 0 unspecified atom stereocenters. The molecule has 0 spiro atoms. The molecular formula is C22H35FN2OS. The van der Waals surface area contributed by atoms with E-state index >= 15 is 0 Å². The second-order valence-electron chi connectivity index (χ2n) is 9.29. The molecule has 0 aromatic heterocycles. The van der Waals surface area contributed by atoms with E-state index in [1.165, 1.54) is 25.0 Å². The molecule has 1 heterocycles. The average molecular weight is 395 g/mol. The van der Waals surface area contributed by atoms with Crippen LogP contribution in [0.4, 0.5) is 10.1 Å². The van der Waals surface area contributed by atoms with Crippen LogP contribution in [0.5, 0.6) is 0 Å². The van der Waals surface area contributed by atoms with Crippen LogP contribution in [-0.4, -0.2) is 55.6 Å². The van der Waals surface area contributed by atoms with Gasteiger partial charge in [-0.15, -0.1) is 0 Å². The largest absolute Gasteiger partial charge is 0.377 e. The Morgan fingerprint density at radius 1 is 1.15 bits per heavy atom. The van der Waals surface area contributed by atoms with Crippen molar-refractivity contribution in [1.29, 1.82) is 0 Å². The van der Waals surface area contributed by atoms with Crippen molar-refractivity contribution in [1.82, 2.24) is 4.90 Å². The number of benzene rings is 1. The number of ether oxygens (including phenoxy) is 1. The van der Waals surface area contributed by atoms with Gasteiger partial charge in [-0.3, -0.25) is 4.90 Å². The van der Waals surface area contributed by atoms with Crippen LogP contribution in [0.25, 0.3) is 0 Å². The van der Waals surface area contributed by atoms with E-state index in [0.29, 0.717) is 11.5 Å². The van der Waals surface area contributed by atoms with Gasteiger partial charge in [0.15, 0.2) is 0 Å². The monoisotopic (exact) mass is 394 g/mol. The van der Waals surface area contributed by atoms with Gasteiger partial charge in [0.25, 0.3) is 0 Å². The van der Waals surface area contributed by atoms with E-state index in [2.05, 4.69) is 30.6 Å². The quantitative estimate of drug-likeness (QED) is 0.717. The first-order chi connectivity index (χ1) is 12.8. The Morgan fingerprint density at radius 3 is 2.44 bits per heavy atom. The molecule has 0 amide bonds. The van der Waals surface area contributed by atoms with Crippen LogP contribution in [0.2, 0.25) is 0 Å². The van der Waals surface area contributed by atoms with E-state index in [0.717, 1.165) is 57.4 Å². The molecule has 0 radical (unpaired) electrons. The van der Waals surface area contributed by atoms with Crippen molar-refractivity contribution in [2.45, 2.75) is 51.4 Å². The summed E-state index contributed by atoms with van der Waals surface area (Å²) in [5.41, 5.74) is 1.50. The fourth-order valence-electron chi connectivity index (χ4n) is 4.82. The van der Waals surface area contributed by atoms with Crippen molar-refractivity contribution >= 4 is 18.3 Å². The number of halogens is 1. The molecule has 1 aliphatic carbocycles. The minimum atomic E-state index is -0.175. The number of rotatable bonds is 6. The number of nitrogens with zero attached hydrogens (tertiary/aromatic N) is 2. The summed E-state index contributed by atoms with van der Waals surface area (Å²) in [4.78, 5) is 4.79. The van der Waals surface area contributed by atoms with Gasteiger partial charge in [0, 0.05) is 43.7 Å². The number of piperazine rings is 1. The molecule has 3 rings (SSSR count). The van der Waals surface area contributed by atoms with Crippen molar-refractivity contribution in [3.8, 4) is 0 Å². The molecule has 152 valence electrons. The van der Waals surface area contributed by atoms with Crippen molar-refractivity contribution in [3.63, 3.8) is 0 Å². The summed E-state index contributed by atoms with van der Waals surface area (Å²) < 4.78 is 19.3. The van der Waals surface area contributed by atoms with Gasteiger partial charge in [0.1, 0.15) is 5.82 Å². The molecule has 2 aliphatic rings. The summed E-state index contributed by atoms with van der Waals surface area (Å²) in [7, 11) is 0. The standard InChI is InChI=1S/C22H35FN2OS/c1-17-12-20(14-22(2,3)13-17)26-16-21(27)15-24-8-10-25(11-9-24)19-6-4-18(23)5-7-19/h4-7,17,20-21,27H,8-16H2,1-3H3/t17-,20+,21+/m1/s1. The van der Waals surface area contributed by atoms with Crippen molar-refractivity contribution < 1.29 is 9.13 Å². The highest BCUT2D eigenvalue weighted by Gasteiger charge is 2.32. The van der Waals surface area contributed by atoms with Crippen LogP contribution in [0, 0.1) is 17.2 Å². The van der Waals surface area contributed by atoms with Crippen LogP contribution in [0.3, 0.4) is 0 Å². The Hall–Kier alpha value is -0.780. The fraction of sp³-hybridized carbons (Fsp3) is 0.727. The van der Waals surface area contributed by atoms with Crippen LogP contribution in [0.15, 0.2) is 24.3 Å². The summed E-state index contributed by atoms with van der Waals surface area (Å²) >= 11 is 4.79. The molecule has 1 saturated carbocycles. The molecule has 0 bridgehead atoms. The predicted molar refractivity (Wildman–Crippen MR) is 114 cm³/mol. The lowest BCUT2D eigenvalue weighted by molar-refractivity contribution is -0.0237. The smallest absolute Gasteiger partial charge is 0.123 e. The van der Waals surface area contributed by atoms with E-state index in [-0.39, 0.29) is 11.1 Å². The Bertz CT molecular complexity index is 586. The lowest BCUT2D eigenvalue weighted by atomic mass is 9.71. The van der Waals surface area contributed by atoms with Gasteiger partial charge in [-0.25, -0.2) is 4.39 Å². The maximum Gasteiger partial charge on any atom is 0.123 e. The first kappa shape index (κ1) is 20.9. The third kappa shape index (κ3) is 6.37. The third-order valence-corrected chi connectivity index (χ3v) is 6.22. The molecule has 5 heteroatoms. The second-order valence-corrected chi connectivity index (χ2v) is 10.0. The summed E-state index contributed by atoms with van der Waals surface area (Å²) in [5, 5.41) is 0.253. The van der Waals surface area contributed by atoms with E-state index in [4.69, 9.17) is 17.4 Å². The molecule has 3 atom stereocenters. The summed E-state index contributed by atoms with van der Waals surface area (Å²) in [6.07, 6.45) is 4.03. The number of hydrogen-bond donors (Lipinski definition) is 1. The molecule has 1 aliphatic heterocycles. The van der Waals surface area contributed by atoms with Crippen LogP contribution >= 0.6 is 12.6 Å². The molecule has 1 saturated heterocycles. The van der Waals surface area contributed by atoms with E-state index in [1.807, 2.05) is 12.1 Å². The second kappa shape index (κ2) is 9.15. The van der Waals surface area contributed by atoms with Gasteiger partial charge >= 0.3 is 0 Å². The molecular weight excluding hydrogens is 359 g/mol. The van der Waals surface area contributed by atoms with E-state index < -0.39 is 0 Å². The highest BCUT2D eigenvalue weighted by molar-refractivity contribution is 7.81. The SMILES string of the molecule is C[C@@H]1C[C@H](OC[C@@H](S)CN2CCN(c3ccc(F)cc3)CC2)CC(C)(C)C1. The van der Waals surface area contributed by atoms with Gasteiger partial charge in [0.2, 0.25) is 0 Å². The fourth-order valence-corrected chi connectivity index (χ4v) is 5.14. The first-order valence-electron chi connectivity index (χ1n) is 10.3. The number of hydrogen-bond acceptors (Lipinski definition) is 4. The molecule has 1 aromatic rings. The normalized spacial score (nSPS) is 27.5. The zero-order valence-electron chi connectivity index (χ0n) is 17.0. The zero-order valence-corrected chi connectivity index (χ0v) is 17.9. The van der Waals surface area contributed by atoms with Crippen molar-refractivity contribution in [2.75, 3.05) is 44.2 Å². The summed E-state index contributed by atoms with van der Waals surface area (Å²) in [6, 6.07) is 6.81. The highest BCUT2D eigenvalue weighted by atomic mass is 32.1. The summed E-state index contributed by atoms with van der Waals surface area (Å²) in [5.74, 6) is 0.572. The molecule has 3 nitrogen and oxygen atoms in total.